The molecule has 1 unspecified atom stereocenters. The number of amides is 1. The van der Waals surface area contributed by atoms with Gasteiger partial charge < -0.3 is 4.90 Å². The fourth-order valence-electron chi connectivity index (χ4n) is 7.42. The summed E-state index contributed by atoms with van der Waals surface area (Å²) in [5, 5.41) is 4.04. The highest BCUT2D eigenvalue weighted by Gasteiger charge is 2.39. The molecule has 3 aromatic carbocycles. The van der Waals surface area contributed by atoms with Gasteiger partial charge >= 0.3 is 0 Å². The Labute approximate surface area is 273 Å². The molecule has 7 rings (SSSR count). The number of hydrogen-bond acceptors (Lipinski definition) is 7. The molecule has 0 spiro atoms. The Bertz CT molecular complexity index is 2070. The summed E-state index contributed by atoms with van der Waals surface area (Å²) in [6, 6.07) is 16.1. The Balaban J connectivity index is 1.11. The molecule has 0 aliphatic carbocycles. The van der Waals surface area contributed by atoms with E-state index in [1.165, 1.54) is 26.2 Å². The Morgan fingerprint density at radius 1 is 0.891 bits per heavy atom. The Kier molecular flexibility index (Phi) is 8.29. The van der Waals surface area contributed by atoms with Gasteiger partial charge in [0.2, 0.25) is 20.0 Å². The third kappa shape index (κ3) is 5.57. The summed E-state index contributed by atoms with van der Waals surface area (Å²) < 4.78 is 55.5. The van der Waals surface area contributed by atoms with E-state index in [4.69, 9.17) is 0 Å². The number of thiophene rings is 1. The van der Waals surface area contributed by atoms with Gasteiger partial charge in [-0.1, -0.05) is 42.8 Å². The standard InChI is InChI=1S/C34H37N3O6S3/c1-45(40,41)35-18-14-23(15-19-35)16-20-36-29-13-12-24(25-8-6-9-27(33(25)29)34(36)39)21-30(38)28-10-4-5-17-37(28)46(42,43)32-22-44-31-11-3-2-7-26(31)32/h2-3,6-9,11-13,22-23,28H,4-5,10,14-21H2,1H3. The largest absolute Gasteiger partial charge is 0.308 e. The molecule has 9 nitrogen and oxygen atoms in total. The first-order chi connectivity index (χ1) is 22.0. The lowest BCUT2D eigenvalue weighted by Crippen LogP contribution is -2.48. The third-order valence-corrected chi connectivity index (χ3v) is 14.3. The van der Waals surface area contributed by atoms with Gasteiger partial charge in [0.1, 0.15) is 4.90 Å². The maximum Gasteiger partial charge on any atom is 0.258 e. The SMILES string of the molecule is CS(=O)(=O)N1CCC(CCN2C(=O)c3cccc4c(CC(=O)C5CCCCN5S(=O)(=O)c5csc6ccccc56)ccc2c34)CC1. The number of Topliss-reactive ketones (excluding diaryl/α,β-unsaturated/α-hetero) is 1. The summed E-state index contributed by atoms with van der Waals surface area (Å²) >= 11 is 1.39. The van der Waals surface area contributed by atoms with E-state index >= 15 is 0 Å². The van der Waals surface area contributed by atoms with Crippen molar-refractivity contribution < 1.29 is 26.4 Å². The van der Waals surface area contributed by atoms with E-state index in [0.717, 1.165) is 52.4 Å². The second kappa shape index (κ2) is 12.1. The van der Waals surface area contributed by atoms with Crippen molar-refractivity contribution in [3.8, 4) is 0 Å². The van der Waals surface area contributed by atoms with E-state index in [-0.39, 0.29) is 23.0 Å². The number of sulfonamides is 2. The van der Waals surface area contributed by atoms with Crippen LogP contribution in [0.3, 0.4) is 0 Å². The molecule has 1 aromatic heterocycles. The number of carbonyl (C=O) groups excluding carboxylic acids is 2. The second-order valence-electron chi connectivity index (χ2n) is 12.7. The predicted octanol–water partition coefficient (Wildman–Crippen LogP) is 5.43. The fourth-order valence-corrected chi connectivity index (χ4v) is 11.5. The van der Waals surface area contributed by atoms with E-state index in [1.807, 2.05) is 59.5 Å². The molecule has 4 aromatic rings. The lowest BCUT2D eigenvalue weighted by Gasteiger charge is -2.33. The minimum Gasteiger partial charge on any atom is -0.308 e. The van der Waals surface area contributed by atoms with Gasteiger partial charge in [-0.3, -0.25) is 9.59 Å². The van der Waals surface area contributed by atoms with Crippen LogP contribution in [-0.2, 0) is 31.3 Å². The molecule has 242 valence electrons. The summed E-state index contributed by atoms with van der Waals surface area (Å²) in [6.07, 6.45) is 5.63. The smallest absolute Gasteiger partial charge is 0.258 e. The zero-order chi connectivity index (χ0) is 32.2. The summed E-state index contributed by atoms with van der Waals surface area (Å²) in [5.41, 5.74) is 2.23. The molecular formula is C34H37N3O6S3. The van der Waals surface area contributed by atoms with Crippen LogP contribution in [0.2, 0.25) is 0 Å². The molecule has 0 bridgehead atoms. The quantitative estimate of drug-likeness (QED) is 0.233. The topological polar surface area (TPSA) is 112 Å². The van der Waals surface area contributed by atoms with Gasteiger partial charge in [0.15, 0.2) is 5.78 Å². The average molecular weight is 680 g/mol. The van der Waals surface area contributed by atoms with Gasteiger partial charge in [0.25, 0.3) is 5.91 Å². The highest BCUT2D eigenvalue weighted by atomic mass is 32.2. The van der Waals surface area contributed by atoms with Crippen LogP contribution in [0.5, 0.6) is 0 Å². The lowest BCUT2D eigenvalue weighted by atomic mass is 9.93. The molecule has 4 heterocycles. The van der Waals surface area contributed by atoms with E-state index in [2.05, 4.69) is 0 Å². The van der Waals surface area contributed by atoms with Crippen molar-refractivity contribution in [1.82, 2.24) is 8.61 Å². The van der Waals surface area contributed by atoms with Crippen LogP contribution in [0.15, 0.2) is 64.9 Å². The van der Waals surface area contributed by atoms with Gasteiger partial charge in [-0.2, -0.15) is 4.31 Å². The number of ketones is 1. The van der Waals surface area contributed by atoms with E-state index in [0.29, 0.717) is 55.9 Å². The molecular weight excluding hydrogens is 643 g/mol. The first kappa shape index (κ1) is 31.4. The van der Waals surface area contributed by atoms with Crippen LogP contribution in [0.25, 0.3) is 20.9 Å². The van der Waals surface area contributed by atoms with Gasteiger partial charge in [-0.15, -0.1) is 11.3 Å². The highest BCUT2D eigenvalue weighted by Crippen LogP contribution is 2.40. The molecule has 12 heteroatoms. The van der Waals surface area contributed by atoms with E-state index in [1.54, 1.807) is 5.38 Å². The van der Waals surface area contributed by atoms with Crippen LogP contribution in [0.4, 0.5) is 5.69 Å². The third-order valence-electron chi connectivity index (χ3n) is 9.90. The van der Waals surface area contributed by atoms with Crippen LogP contribution < -0.4 is 4.90 Å². The molecule has 2 saturated heterocycles. The summed E-state index contributed by atoms with van der Waals surface area (Å²) in [4.78, 5) is 29.6. The molecule has 46 heavy (non-hydrogen) atoms. The molecule has 2 fully saturated rings. The number of piperidine rings is 2. The maximum atomic E-state index is 14.0. The molecule has 1 atom stereocenters. The molecule has 0 saturated carbocycles. The van der Waals surface area contributed by atoms with Crippen LogP contribution in [-0.4, -0.2) is 75.6 Å². The van der Waals surface area contributed by atoms with Crippen molar-refractivity contribution in [3.05, 3.63) is 71.1 Å². The summed E-state index contributed by atoms with van der Waals surface area (Å²) in [5.74, 6) is 0.138. The van der Waals surface area contributed by atoms with Crippen LogP contribution in [0, 0.1) is 5.92 Å². The van der Waals surface area contributed by atoms with Crippen molar-refractivity contribution in [1.29, 1.82) is 0 Å². The second-order valence-corrected chi connectivity index (χ2v) is 17.4. The maximum absolute atomic E-state index is 14.0. The van der Waals surface area contributed by atoms with Crippen molar-refractivity contribution >= 4 is 69.6 Å². The first-order valence-electron chi connectivity index (χ1n) is 15.9. The van der Waals surface area contributed by atoms with Crippen molar-refractivity contribution in [3.63, 3.8) is 0 Å². The number of benzene rings is 3. The Morgan fingerprint density at radius 3 is 2.43 bits per heavy atom. The number of carbonyl (C=O) groups is 2. The summed E-state index contributed by atoms with van der Waals surface area (Å²) in [6.45, 7) is 1.86. The average Bonchev–Trinajstić information content (AvgIpc) is 3.61. The molecule has 3 aliphatic rings. The number of anilines is 1. The van der Waals surface area contributed by atoms with Gasteiger partial charge in [0.05, 0.1) is 18.0 Å². The summed E-state index contributed by atoms with van der Waals surface area (Å²) in [7, 11) is -7.07. The first-order valence-corrected chi connectivity index (χ1v) is 20.0. The van der Waals surface area contributed by atoms with Crippen LogP contribution >= 0.6 is 11.3 Å². The number of nitrogens with zero attached hydrogens (tertiary/aromatic N) is 3. The van der Waals surface area contributed by atoms with E-state index in [9.17, 15) is 26.4 Å². The van der Waals surface area contributed by atoms with Crippen molar-refractivity contribution in [2.45, 2.75) is 55.9 Å². The lowest BCUT2D eigenvalue weighted by molar-refractivity contribution is -0.122. The molecule has 1 amide bonds. The van der Waals surface area contributed by atoms with E-state index < -0.39 is 26.1 Å². The fraction of sp³-hybridized carbons (Fsp3) is 0.412. The Morgan fingerprint density at radius 2 is 1.65 bits per heavy atom. The predicted molar refractivity (Wildman–Crippen MR) is 181 cm³/mol. The number of hydrogen-bond donors (Lipinski definition) is 0. The van der Waals surface area contributed by atoms with Crippen LogP contribution in [0.1, 0.15) is 54.4 Å². The van der Waals surface area contributed by atoms with Crippen molar-refractivity contribution in [2.24, 2.45) is 5.92 Å². The van der Waals surface area contributed by atoms with Gasteiger partial charge in [0, 0.05) is 59.0 Å². The zero-order valence-electron chi connectivity index (χ0n) is 25.7. The normalized spacial score (nSPS) is 20.2. The number of rotatable bonds is 9. The van der Waals surface area contributed by atoms with Crippen molar-refractivity contribution in [2.75, 3.05) is 37.3 Å². The molecule has 0 N–H and O–H groups in total. The number of fused-ring (bicyclic) bond motifs is 1. The molecule has 3 aliphatic heterocycles. The highest BCUT2D eigenvalue weighted by molar-refractivity contribution is 7.89. The zero-order valence-corrected chi connectivity index (χ0v) is 28.2. The van der Waals surface area contributed by atoms with Gasteiger partial charge in [-0.05, 0) is 67.2 Å². The minimum absolute atomic E-state index is 0.0646. The molecule has 0 radical (unpaired) electrons. The Hall–Kier alpha value is -3.16. The van der Waals surface area contributed by atoms with Gasteiger partial charge in [-0.25, -0.2) is 21.1 Å². The monoisotopic (exact) mass is 679 g/mol. The minimum atomic E-state index is -3.88.